The Morgan fingerprint density at radius 2 is 2.23 bits per heavy atom. The smallest absolute Gasteiger partial charge is 0.238 e. The maximum absolute atomic E-state index is 12.3. The summed E-state index contributed by atoms with van der Waals surface area (Å²) in [6, 6.07) is 12.2. The molecule has 1 aromatic heterocycles. The van der Waals surface area contributed by atoms with Crippen molar-refractivity contribution in [1.29, 1.82) is 0 Å². The Bertz CT molecular complexity index is 667. The van der Waals surface area contributed by atoms with E-state index in [2.05, 4.69) is 56.1 Å². The molecular weight excluding hydrogens is 342 g/mol. The Kier molecular flexibility index (Phi) is 4.64. The highest BCUT2D eigenvalue weighted by Crippen LogP contribution is 2.31. The second kappa shape index (κ2) is 6.67. The zero-order valence-corrected chi connectivity index (χ0v) is 14.2. The van der Waals surface area contributed by atoms with Crippen LogP contribution in [0.4, 0.5) is 5.69 Å². The van der Waals surface area contributed by atoms with Gasteiger partial charge in [-0.15, -0.1) is 0 Å². The first-order chi connectivity index (χ1) is 10.6. The van der Waals surface area contributed by atoms with Crippen LogP contribution in [0.3, 0.4) is 0 Å². The number of hydrogen-bond donors (Lipinski definition) is 1. The van der Waals surface area contributed by atoms with E-state index in [1.165, 1.54) is 5.69 Å². The molecule has 0 aliphatic carbocycles. The zero-order valence-electron chi connectivity index (χ0n) is 12.6. The van der Waals surface area contributed by atoms with Crippen LogP contribution in [0.15, 0.2) is 47.1 Å². The number of amides is 1. The summed E-state index contributed by atoms with van der Waals surface area (Å²) in [6.45, 7) is 1.41. The SMILES string of the molecule is Cn1cccc1[C@H]1CCCN1CC(=O)Nc1cccc(Br)c1. The maximum Gasteiger partial charge on any atom is 0.238 e. The number of hydrogen-bond acceptors (Lipinski definition) is 2. The van der Waals surface area contributed by atoms with Crippen molar-refractivity contribution in [2.24, 2.45) is 7.05 Å². The molecule has 1 fully saturated rings. The molecule has 22 heavy (non-hydrogen) atoms. The van der Waals surface area contributed by atoms with Crippen LogP contribution in [-0.2, 0) is 11.8 Å². The van der Waals surface area contributed by atoms with Crippen LogP contribution in [0.5, 0.6) is 0 Å². The number of carbonyl (C=O) groups is 1. The van der Waals surface area contributed by atoms with Crippen LogP contribution in [-0.4, -0.2) is 28.5 Å². The highest BCUT2D eigenvalue weighted by atomic mass is 79.9. The molecule has 3 rings (SSSR count). The van der Waals surface area contributed by atoms with Gasteiger partial charge in [0.1, 0.15) is 0 Å². The summed E-state index contributed by atoms with van der Waals surface area (Å²) in [5.74, 6) is 0.0409. The highest BCUT2D eigenvalue weighted by molar-refractivity contribution is 9.10. The Balaban J connectivity index is 1.64. The molecular formula is C17H20BrN3O. The van der Waals surface area contributed by atoms with Crippen molar-refractivity contribution in [3.63, 3.8) is 0 Å². The summed E-state index contributed by atoms with van der Waals surface area (Å²) in [5.41, 5.74) is 2.11. The van der Waals surface area contributed by atoms with Crippen molar-refractivity contribution in [2.75, 3.05) is 18.4 Å². The van der Waals surface area contributed by atoms with Gasteiger partial charge in [0.05, 0.1) is 12.6 Å². The van der Waals surface area contributed by atoms with Crippen LogP contribution < -0.4 is 5.32 Å². The molecule has 1 aliphatic heterocycles. The van der Waals surface area contributed by atoms with E-state index in [4.69, 9.17) is 0 Å². The lowest BCUT2D eigenvalue weighted by molar-refractivity contribution is -0.117. The Hall–Kier alpha value is -1.59. The third kappa shape index (κ3) is 3.42. The number of benzene rings is 1. The number of nitrogens with zero attached hydrogens (tertiary/aromatic N) is 2. The van der Waals surface area contributed by atoms with Crippen molar-refractivity contribution >= 4 is 27.5 Å². The molecule has 1 aliphatic rings. The van der Waals surface area contributed by atoms with Crippen molar-refractivity contribution in [2.45, 2.75) is 18.9 Å². The molecule has 0 saturated carbocycles. The molecule has 1 N–H and O–H groups in total. The number of likely N-dealkylation sites (tertiary alicyclic amines) is 1. The molecule has 5 heteroatoms. The lowest BCUT2D eigenvalue weighted by Crippen LogP contribution is -2.33. The summed E-state index contributed by atoms with van der Waals surface area (Å²) in [7, 11) is 2.06. The first-order valence-corrected chi connectivity index (χ1v) is 8.33. The van der Waals surface area contributed by atoms with E-state index < -0.39 is 0 Å². The van der Waals surface area contributed by atoms with Gasteiger partial charge in [-0.1, -0.05) is 22.0 Å². The lowest BCUT2D eigenvalue weighted by atomic mass is 10.1. The second-order valence-corrected chi connectivity index (χ2v) is 6.65. The van der Waals surface area contributed by atoms with Crippen molar-refractivity contribution in [3.05, 3.63) is 52.8 Å². The number of aromatic nitrogens is 1. The van der Waals surface area contributed by atoms with Gasteiger partial charge in [0.25, 0.3) is 0 Å². The molecule has 0 unspecified atom stereocenters. The number of anilines is 1. The van der Waals surface area contributed by atoms with Crippen LogP contribution in [0.2, 0.25) is 0 Å². The minimum atomic E-state index is 0.0409. The molecule has 116 valence electrons. The molecule has 4 nitrogen and oxygen atoms in total. The molecule has 1 aromatic carbocycles. The fourth-order valence-corrected chi connectivity index (χ4v) is 3.52. The zero-order chi connectivity index (χ0) is 15.5. The predicted octanol–water partition coefficient (Wildman–Crippen LogP) is 3.56. The van der Waals surface area contributed by atoms with Crippen LogP contribution in [0.25, 0.3) is 0 Å². The Labute approximate surface area is 139 Å². The average molecular weight is 362 g/mol. The summed E-state index contributed by atoms with van der Waals surface area (Å²) in [6.07, 6.45) is 4.31. The summed E-state index contributed by atoms with van der Waals surface area (Å²) < 4.78 is 3.11. The number of rotatable bonds is 4. The van der Waals surface area contributed by atoms with Gasteiger partial charge in [-0.05, 0) is 49.7 Å². The summed E-state index contributed by atoms with van der Waals surface area (Å²) in [5, 5.41) is 2.97. The topological polar surface area (TPSA) is 37.3 Å². The van der Waals surface area contributed by atoms with Crippen LogP contribution >= 0.6 is 15.9 Å². The Morgan fingerprint density at radius 1 is 1.36 bits per heavy atom. The van der Waals surface area contributed by atoms with Gasteiger partial charge in [-0.2, -0.15) is 0 Å². The van der Waals surface area contributed by atoms with Gasteiger partial charge in [0.15, 0.2) is 0 Å². The molecule has 1 atom stereocenters. The van der Waals surface area contributed by atoms with Crippen LogP contribution in [0.1, 0.15) is 24.6 Å². The number of halogens is 1. The fraction of sp³-hybridized carbons (Fsp3) is 0.353. The van der Waals surface area contributed by atoms with Gasteiger partial charge >= 0.3 is 0 Å². The second-order valence-electron chi connectivity index (χ2n) is 5.73. The van der Waals surface area contributed by atoms with E-state index in [0.717, 1.165) is 29.5 Å². The Morgan fingerprint density at radius 3 is 2.95 bits per heavy atom. The number of aryl methyl sites for hydroxylation is 1. The van der Waals surface area contributed by atoms with Crippen molar-refractivity contribution < 1.29 is 4.79 Å². The molecule has 1 saturated heterocycles. The van der Waals surface area contributed by atoms with Crippen molar-refractivity contribution in [3.8, 4) is 0 Å². The summed E-state index contributed by atoms with van der Waals surface area (Å²) >= 11 is 3.42. The van der Waals surface area contributed by atoms with Gasteiger partial charge < -0.3 is 9.88 Å². The minimum Gasteiger partial charge on any atom is -0.353 e. The van der Waals surface area contributed by atoms with E-state index in [-0.39, 0.29) is 5.91 Å². The standard InChI is InChI=1S/C17H20BrN3O/c1-20-9-3-7-15(20)16-8-4-10-21(16)12-17(22)19-14-6-2-5-13(18)11-14/h2-3,5-7,9,11,16H,4,8,10,12H2,1H3,(H,19,22)/t16-/m1/s1. The number of nitrogens with one attached hydrogen (secondary N) is 1. The molecule has 2 aromatic rings. The van der Waals surface area contributed by atoms with Crippen molar-refractivity contribution in [1.82, 2.24) is 9.47 Å². The molecule has 0 bridgehead atoms. The molecule has 2 heterocycles. The number of carbonyl (C=O) groups excluding carboxylic acids is 1. The van der Waals surface area contributed by atoms with Gasteiger partial charge in [-0.25, -0.2) is 0 Å². The predicted molar refractivity (Wildman–Crippen MR) is 91.7 cm³/mol. The lowest BCUT2D eigenvalue weighted by Gasteiger charge is -2.24. The highest BCUT2D eigenvalue weighted by Gasteiger charge is 2.28. The first kappa shape index (κ1) is 15.3. The molecule has 0 spiro atoms. The largest absolute Gasteiger partial charge is 0.353 e. The quantitative estimate of drug-likeness (QED) is 0.903. The van der Waals surface area contributed by atoms with E-state index in [0.29, 0.717) is 12.6 Å². The van der Waals surface area contributed by atoms with Crippen LogP contribution in [0, 0.1) is 0 Å². The van der Waals surface area contributed by atoms with E-state index >= 15 is 0 Å². The maximum atomic E-state index is 12.3. The third-order valence-electron chi connectivity index (χ3n) is 4.14. The van der Waals surface area contributed by atoms with Gasteiger partial charge in [0, 0.05) is 29.1 Å². The van der Waals surface area contributed by atoms with E-state index in [1.54, 1.807) is 0 Å². The van der Waals surface area contributed by atoms with E-state index in [9.17, 15) is 4.79 Å². The van der Waals surface area contributed by atoms with Gasteiger partial charge in [0.2, 0.25) is 5.91 Å². The first-order valence-electron chi connectivity index (χ1n) is 7.54. The van der Waals surface area contributed by atoms with Gasteiger partial charge in [-0.3, -0.25) is 9.69 Å². The average Bonchev–Trinajstić information content (AvgIpc) is 3.07. The normalized spacial score (nSPS) is 18.5. The molecule has 1 amide bonds. The molecule has 0 radical (unpaired) electrons. The minimum absolute atomic E-state index is 0.0409. The summed E-state index contributed by atoms with van der Waals surface area (Å²) in [4.78, 5) is 14.6. The monoisotopic (exact) mass is 361 g/mol. The third-order valence-corrected chi connectivity index (χ3v) is 4.64. The fourth-order valence-electron chi connectivity index (χ4n) is 3.12. The van der Waals surface area contributed by atoms with E-state index in [1.807, 2.05) is 24.3 Å².